The summed E-state index contributed by atoms with van der Waals surface area (Å²) in [6.45, 7) is 1.90. The zero-order valence-electron chi connectivity index (χ0n) is 8.19. The number of aromatic amines is 1. The van der Waals surface area contributed by atoms with Crippen molar-refractivity contribution in [2.24, 2.45) is 0 Å². The van der Waals surface area contributed by atoms with Crippen LogP contribution in [0.15, 0.2) is 35.2 Å². The minimum Gasteiger partial charge on any atom is -0.364 e. The molecule has 74 valence electrons. The Kier molecular flexibility index (Phi) is 1.62. The molecule has 15 heavy (non-hydrogen) atoms. The van der Waals surface area contributed by atoms with Crippen LogP contribution in [0.1, 0.15) is 5.69 Å². The van der Waals surface area contributed by atoms with E-state index in [0.29, 0.717) is 0 Å². The van der Waals surface area contributed by atoms with Gasteiger partial charge in [-0.05, 0) is 25.1 Å². The van der Waals surface area contributed by atoms with E-state index in [9.17, 15) is 0 Å². The fourth-order valence-electron chi connectivity index (χ4n) is 1.62. The van der Waals surface area contributed by atoms with Gasteiger partial charge in [0.2, 0.25) is 0 Å². The van der Waals surface area contributed by atoms with Crippen molar-refractivity contribution in [3.63, 3.8) is 0 Å². The number of nitrogens with one attached hydrogen (secondary N) is 1. The van der Waals surface area contributed by atoms with Crippen LogP contribution in [0, 0.1) is 6.92 Å². The first kappa shape index (κ1) is 8.23. The van der Waals surface area contributed by atoms with Crippen molar-refractivity contribution < 1.29 is 4.52 Å². The average molecular weight is 199 g/mol. The minimum absolute atomic E-state index is 0.855. The van der Waals surface area contributed by atoms with Crippen LogP contribution < -0.4 is 0 Å². The topological polar surface area (TPSA) is 54.7 Å². The lowest BCUT2D eigenvalue weighted by molar-refractivity contribution is 0.415. The minimum atomic E-state index is 0.855. The first-order valence-electron chi connectivity index (χ1n) is 4.70. The lowest BCUT2D eigenvalue weighted by Crippen LogP contribution is -1.84. The van der Waals surface area contributed by atoms with Gasteiger partial charge in [-0.25, -0.2) is 4.98 Å². The number of hydrogen-bond acceptors (Lipinski definition) is 3. The highest BCUT2D eigenvalue weighted by molar-refractivity contribution is 5.78. The van der Waals surface area contributed by atoms with Gasteiger partial charge in [-0.3, -0.25) is 0 Å². The predicted molar refractivity (Wildman–Crippen MR) is 56.3 cm³/mol. The van der Waals surface area contributed by atoms with Crippen molar-refractivity contribution in [3.05, 3.63) is 36.4 Å². The van der Waals surface area contributed by atoms with Gasteiger partial charge in [-0.1, -0.05) is 5.16 Å². The monoisotopic (exact) mass is 199 g/mol. The van der Waals surface area contributed by atoms with Crippen molar-refractivity contribution in [1.82, 2.24) is 15.1 Å². The van der Waals surface area contributed by atoms with Crippen molar-refractivity contribution in [2.45, 2.75) is 6.92 Å². The van der Waals surface area contributed by atoms with E-state index in [-0.39, 0.29) is 0 Å². The number of fused-ring (bicyclic) bond motifs is 1. The van der Waals surface area contributed by atoms with E-state index in [1.165, 1.54) is 0 Å². The van der Waals surface area contributed by atoms with Gasteiger partial charge in [0, 0.05) is 11.6 Å². The Bertz CT molecular complexity index is 609. The Labute approximate surface area is 85.9 Å². The Morgan fingerprint density at radius 1 is 1.27 bits per heavy atom. The van der Waals surface area contributed by atoms with E-state index in [4.69, 9.17) is 4.52 Å². The van der Waals surface area contributed by atoms with Crippen LogP contribution in [0.2, 0.25) is 0 Å². The summed E-state index contributed by atoms with van der Waals surface area (Å²) in [5.41, 5.74) is 3.55. The van der Waals surface area contributed by atoms with Crippen LogP contribution in [-0.2, 0) is 0 Å². The molecule has 0 fully saturated rings. The molecule has 0 unspecified atom stereocenters. The van der Waals surface area contributed by atoms with Crippen LogP contribution in [0.5, 0.6) is 0 Å². The maximum atomic E-state index is 4.89. The largest absolute Gasteiger partial charge is 0.364 e. The molecular formula is C11H9N3O. The molecule has 0 spiro atoms. The van der Waals surface area contributed by atoms with Gasteiger partial charge >= 0.3 is 0 Å². The van der Waals surface area contributed by atoms with Gasteiger partial charge in [0.05, 0.1) is 17.0 Å². The number of nitrogens with zero attached hydrogens (tertiary/aromatic N) is 2. The van der Waals surface area contributed by atoms with Gasteiger partial charge in [0.1, 0.15) is 11.9 Å². The SMILES string of the molecule is Cc1nocc1-c1ccc2cc[nH]c2n1. The molecular weight excluding hydrogens is 190 g/mol. The van der Waals surface area contributed by atoms with E-state index >= 15 is 0 Å². The summed E-state index contributed by atoms with van der Waals surface area (Å²) in [7, 11) is 0. The highest BCUT2D eigenvalue weighted by Crippen LogP contribution is 2.22. The second-order valence-corrected chi connectivity index (χ2v) is 3.43. The third kappa shape index (κ3) is 1.22. The first-order chi connectivity index (χ1) is 7.34. The Hall–Kier alpha value is -2.10. The number of aromatic nitrogens is 3. The van der Waals surface area contributed by atoms with Gasteiger partial charge in [0.15, 0.2) is 0 Å². The zero-order chi connectivity index (χ0) is 10.3. The van der Waals surface area contributed by atoms with Crippen LogP contribution in [-0.4, -0.2) is 15.1 Å². The number of aryl methyl sites for hydroxylation is 1. The molecule has 3 aromatic heterocycles. The lowest BCUT2D eigenvalue weighted by Gasteiger charge is -1.97. The molecule has 0 saturated carbocycles. The van der Waals surface area contributed by atoms with E-state index in [0.717, 1.165) is 28.0 Å². The van der Waals surface area contributed by atoms with Crippen molar-refractivity contribution in [3.8, 4) is 11.3 Å². The second kappa shape index (κ2) is 2.95. The standard InChI is InChI=1S/C11H9N3O/c1-7-9(6-15-14-7)10-3-2-8-4-5-12-11(8)13-10/h2-6H,1H3,(H,12,13). The van der Waals surface area contributed by atoms with Crippen molar-refractivity contribution >= 4 is 11.0 Å². The molecule has 0 aliphatic carbocycles. The number of H-pyrrole nitrogens is 1. The van der Waals surface area contributed by atoms with Crippen molar-refractivity contribution in [1.29, 1.82) is 0 Å². The van der Waals surface area contributed by atoms with E-state index in [2.05, 4.69) is 15.1 Å². The zero-order valence-corrected chi connectivity index (χ0v) is 8.19. The summed E-state index contributed by atoms with van der Waals surface area (Å²) < 4.78 is 4.89. The Morgan fingerprint density at radius 2 is 2.20 bits per heavy atom. The number of rotatable bonds is 1. The predicted octanol–water partition coefficient (Wildman–Crippen LogP) is 2.53. The summed E-state index contributed by atoms with van der Waals surface area (Å²) in [6.07, 6.45) is 3.49. The third-order valence-corrected chi connectivity index (χ3v) is 2.44. The van der Waals surface area contributed by atoms with Gasteiger partial charge < -0.3 is 9.51 Å². The maximum absolute atomic E-state index is 4.89. The lowest BCUT2D eigenvalue weighted by atomic mass is 10.1. The number of pyridine rings is 1. The Morgan fingerprint density at radius 3 is 3.00 bits per heavy atom. The quantitative estimate of drug-likeness (QED) is 0.655. The highest BCUT2D eigenvalue weighted by Gasteiger charge is 2.07. The molecule has 0 aliphatic heterocycles. The summed E-state index contributed by atoms with van der Waals surface area (Å²) >= 11 is 0. The average Bonchev–Trinajstić information content (AvgIpc) is 2.84. The maximum Gasteiger partial charge on any atom is 0.137 e. The summed E-state index contributed by atoms with van der Waals surface area (Å²) in [6, 6.07) is 5.99. The fraction of sp³-hybridized carbons (Fsp3) is 0.0909. The van der Waals surface area contributed by atoms with Crippen LogP contribution in [0.3, 0.4) is 0 Å². The molecule has 0 aromatic carbocycles. The van der Waals surface area contributed by atoms with Crippen molar-refractivity contribution in [2.75, 3.05) is 0 Å². The molecule has 0 saturated heterocycles. The number of hydrogen-bond donors (Lipinski definition) is 1. The van der Waals surface area contributed by atoms with Gasteiger partial charge in [0.25, 0.3) is 0 Å². The van der Waals surface area contributed by atoms with E-state index in [1.54, 1.807) is 6.26 Å². The molecule has 0 atom stereocenters. The van der Waals surface area contributed by atoms with Gasteiger partial charge in [-0.15, -0.1) is 0 Å². The molecule has 3 rings (SSSR count). The molecule has 0 radical (unpaired) electrons. The second-order valence-electron chi connectivity index (χ2n) is 3.43. The molecule has 0 bridgehead atoms. The third-order valence-electron chi connectivity index (χ3n) is 2.44. The highest BCUT2D eigenvalue weighted by atomic mass is 16.5. The Balaban J connectivity index is 2.23. The molecule has 4 nitrogen and oxygen atoms in total. The van der Waals surface area contributed by atoms with E-state index in [1.807, 2.05) is 31.3 Å². The van der Waals surface area contributed by atoms with Gasteiger partial charge in [-0.2, -0.15) is 0 Å². The summed E-state index contributed by atoms with van der Waals surface area (Å²) in [4.78, 5) is 7.56. The molecule has 3 heterocycles. The smallest absolute Gasteiger partial charge is 0.137 e. The molecule has 4 heteroatoms. The fourth-order valence-corrected chi connectivity index (χ4v) is 1.62. The molecule has 0 aliphatic rings. The first-order valence-corrected chi connectivity index (χ1v) is 4.70. The molecule has 3 aromatic rings. The van der Waals surface area contributed by atoms with Crippen LogP contribution in [0.4, 0.5) is 0 Å². The molecule has 1 N–H and O–H groups in total. The van der Waals surface area contributed by atoms with Crippen LogP contribution >= 0.6 is 0 Å². The normalized spacial score (nSPS) is 11.0. The summed E-state index contributed by atoms with van der Waals surface area (Å²) in [5, 5.41) is 4.94. The summed E-state index contributed by atoms with van der Waals surface area (Å²) in [5.74, 6) is 0. The molecule has 0 amide bonds. The van der Waals surface area contributed by atoms with Crippen LogP contribution in [0.25, 0.3) is 22.3 Å². The van der Waals surface area contributed by atoms with E-state index < -0.39 is 0 Å².